The molecule has 21 aromatic rings. The van der Waals surface area contributed by atoms with E-state index in [1.165, 1.54) is 0 Å². The number of hydrogen-bond donors (Lipinski definition) is 0. The zero-order chi connectivity index (χ0) is 86.7. The van der Waals surface area contributed by atoms with Crippen LogP contribution >= 0.6 is 0 Å². The Morgan fingerprint density at radius 1 is 0.277 bits per heavy atom. The molecule has 0 atom stereocenters. The van der Waals surface area contributed by atoms with E-state index in [0.29, 0.717) is 79.0 Å². The van der Waals surface area contributed by atoms with Crippen LogP contribution in [0.25, 0.3) is 166 Å². The van der Waals surface area contributed by atoms with Crippen molar-refractivity contribution in [3.05, 3.63) is 400 Å². The first-order chi connectivity index (χ1) is 61.1. The molecular formula is C106H74N4O2. The third-order valence-corrected chi connectivity index (χ3v) is 21.4. The minimum absolute atomic E-state index is 0.00427. The first-order valence-electron chi connectivity index (χ1n) is 44.4. The average molecular weight is 1450 g/mol. The lowest BCUT2D eigenvalue weighted by atomic mass is 9.85. The Labute approximate surface area is 669 Å². The number of nitrogens with zero attached hydrogens (tertiary/aromatic N) is 4. The Hall–Kier alpha value is -14.5. The van der Waals surface area contributed by atoms with Crippen molar-refractivity contribution in [1.29, 1.82) is 0 Å². The molecule has 0 fully saturated rings. The molecule has 0 aliphatic heterocycles. The van der Waals surface area contributed by atoms with Crippen LogP contribution in [0.5, 0.6) is 0 Å². The number of anilines is 6. The summed E-state index contributed by atoms with van der Waals surface area (Å²) in [6.45, 7) is 6.47. The van der Waals surface area contributed by atoms with Gasteiger partial charge >= 0.3 is 0 Å². The highest BCUT2D eigenvalue weighted by molar-refractivity contribution is 6.23. The van der Waals surface area contributed by atoms with Crippen LogP contribution in [-0.4, -0.2) is 9.13 Å². The maximum absolute atomic E-state index is 10.2. The van der Waals surface area contributed by atoms with Crippen LogP contribution in [0.1, 0.15) is 45.5 Å². The molecule has 17 aromatic carbocycles. The highest BCUT2D eigenvalue weighted by atomic mass is 16.3. The molecule has 4 aromatic heterocycles. The number of aromatic nitrogens is 2. The van der Waals surface area contributed by atoms with Gasteiger partial charge in [0.1, 0.15) is 22.3 Å². The molecule has 0 spiro atoms. The van der Waals surface area contributed by atoms with Crippen molar-refractivity contribution >= 4 is 122 Å². The molecule has 6 nitrogen and oxygen atoms in total. The second-order valence-electron chi connectivity index (χ2n) is 29.2. The van der Waals surface area contributed by atoms with Crippen LogP contribution in [0.2, 0.25) is 0 Å². The van der Waals surface area contributed by atoms with Gasteiger partial charge in [-0.25, -0.2) is 0 Å². The van der Waals surface area contributed by atoms with Gasteiger partial charge in [-0.3, -0.25) is 0 Å². The van der Waals surface area contributed by atoms with Crippen molar-refractivity contribution in [2.75, 3.05) is 9.80 Å². The number of hydrogen-bond acceptors (Lipinski definition) is 4. The molecule has 530 valence electrons. The topological polar surface area (TPSA) is 42.6 Å². The Balaban J connectivity index is 0.933. The fourth-order valence-corrected chi connectivity index (χ4v) is 16.3. The highest BCUT2D eigenvalue weighted by Gasteiger charge is 2.33. The van der Waals surface area contributed by atoms with E-state index in [-0.39, 0.29) is 91.0 Å². The van der Waals surface area contributed by atoms with Crippen LogP contribution in [0.4, 0.5) is 34.1 Å². The van der Waals surface area contributed by atoms with E-state index in [9.17, 15) is 19.2 Å². The van der Waals surface area contributed by atoms with Crippen LogP contribution in [0, 0.1) is 0 Å². The molecule has 0 bridgehead atoms. The molecule has 0 N–H and O–H groups in total. The number of para-hydroxylation sites is 4. The van der Waals surface area contributed by atoms with Gasteiger partial charge in [0.05, 0.1) is 63.4 Å². The van der Waals surface area contributed by atoms with Crippen molar-refractivity contribution in [1.82, 2.24) is 9.13 Å². The van der Waals surface area contributed by atoms with E-state index >= 15 is 0 Å². The van der Waals surface area contributed by atoms with Gasteiger partial charge in [-0.2, -0.15) is 0 Å². The highest BCUT2D eigenvalue weighted by Crippen LogP contribution is 2.56. The second-order valence-corrected chi connectivity index (χ2v) is 29.2. The monoisotopic (exact) mass is 1450 g/mol. The minimum Gasteiger partial charge on any atom is -0.455 e. The van der Waals surface area contributed by atoms with Crippen molar-refractivity contribution in [3.8, 4) is 78.1 Å². The van der Waals surface area contributed by atoms with Gasteiger partial charge in [-0.15, -0.1) is 0 Å². The molecule has 6 heteroatoms. The summed E-state index contributed by atoms with van der Waals surface area (Å²) in [5.41, 5.74) is 14.5. The first kappa shape index (κ1) is 52.5. The molecule has 0 unspecified atom stereocenters. The van der Waals surface area contributed by atoms with E-state index in [1.807, 2.05) is 170 Å². The predicted octanol–water partition coefficient (Wildman–Crippen LogP) is 29.9. The summed E-state index contributed by atoms with van der Waals surface area (Å²) in [6.07, 6.45) is 0. The van der Waals surface area contributed by atoms with Gasteiger partial charge in [0, 0.05) is 88.7 Å². The van der Waals surface area contributed by atoms with Crippen molar-refractivity contribution in [2.24, 2.45) is 0 Å². The Morgan fingerprint density at radius 3 is 1.02 bits per heavy atom. The van der Waals surface area contributed by atoms with Gasteiger partial charge in [0.15, 0.2) is 0 Å². The number of benzene rings is 17. The summed E-state index contributed by atoms with van der Waals surface area (Å²) in [7, 11) is 0. The molecule has 0 aliphatic carbocycles. The largest absolute Gasteiger partial charge is 0.455 e. The minimum atomic E-state index is -0.714. The zero-order valence-corrected chi connectivity index (χ0v) is 61.1. The van der Waals surface area contributed by atoms with Crippen LogP contribution in [0.15, 0.2) is 403 Å². The Morgan fingerprint density at radius 2 is 0.625 bits per heavy atom. The standard InChI is InChI=1S/C106H74N4O2/c1-106(2,3)77-62-82(107(78-44-30-46-80(64-78)109-94-52-26-22-48-84(94)92-60-75(56-58-96(92)109)69-32-10-4-11-33-69)102-88(71-36-14-6-15-37-71)67-90(73-40-18-8-19-41-73)104-100(102)86-50-24-28-54-98(86)111-104)66-83(63-77)108(79-45-31-47-81(65-79)110-95-53-27-23-49-85(95)93-61-76(57-59-97(93)110)70-34-12-5-13-35-70)103-89(72-38-16-7-17-39-72)68-91(74-42-20-9-21-43-74)105-101(103)87-51-25-29-55-99(87)112-105/h4-68H,1-3H3/i22D,23D,26D,27D,48D,49D,52D,53D,56D,57D,58D,59D,60D,61D. The molecule has 0 radical (unpaired) electrons. The lowest BCUT2D eigenvalue weighted by Gasteiger charge is -2.35. The van der Waals surface area contributed by atoms with Crippen molar-refractivity contribution < 1.29 is 28.0 Å². The van der Waals surface area contributed by atoms with E-state index in [2.05, 4.69) is 122 Å². The van der Waals surface area contributed by atoms with Crippen LogP contribution in [0.3, 0.4) is 0 Å². The van der Waals surface area contributed by atoms with Crippen LogP contribution < -0.4 is 9.80 Å². The second kappa shape index (κ2) is 26.7. The molecule has 0 aliphatic rings. The third kappa shape index (κ3) is 11.1. The lowest BCUT2D eigenvalue weighted by Crippen LogP contribution is -2.19. The number of rotatable bonds is 14. The fraction of sp³-hybridized carbons (Fsp3) is 0.0377. The van der Waals surface area contributed by atoms with Gasteiger partial charge in [-0.05, 0) is 171 Å². The van der Waals surface area contributed by atoms with Gasteiger partial charge in [0.25, 0.3) is 0 Å². The fourth-order valence-electron chi connectivity index (χ4n) is 16.3. The van der Waals surface area contributed by atoms with Crippen molar-refractivity contribution in [2.45, 2.75) is 26.2 Å². The Kier molecular flexibility index (Phi) is 12.5. The third-order valence-electron chi connectivity index (χ3n) is 21.4. The normalized spacial score (nSPS) is 13.6. The smallest absolute Gasteiger partial charge is 0.145 e. The molecule has 0 amide bonds. The van der Waals surface area contributed by atoms with Gasteiger partial charge < -0.3 is 27.8 Å². The van der Waals surface area contributed by atoms with Crippen LogP contribution in [-0.2, 0) is 5.41 Å². The first-order valence-corrected chi connectivity index (χ1v) is 37.4. The molecule has 4 heterocycles. The summed E-state index contributed by atoms with van der Waals surface area (Å²) in [5, 5.41) is 3.19. The lowest BCUT2D eigenvalue weighted by molar-refractivity contribution is 0.590. The van der Waals surface area contributed by atoms with E-state index < -0.39 is 53.8 Å². The van der Waals surface area contributed by atoms with E-state index in [4.69, 9.17) is 8.83 Å². The summed E-state index contributed by atoms with van der Waals surface area (Å²) < 4.78 is 155. The van der Waals surface area contributed by atoms with Gasteiger partial charge in [-0.1, -0.05) is 300 Å². The Bertz CT molecular complexity index is 7650. The van der Waals surface area contributed by atoms with E-state index in [0.717, 1.165) is 71.6 Å². The summed E-state index contributed by atoms with van der Waals surface area (Å²) in [4.78, 5) is 4.42. The van der Waals surface area contributed by atoms with Crippen molar-refractivity contribution in [3.63, 3.8) is 0 Å². The predicted molar refractivity (Wildman–Crippen MR) is 470 cm³/mol. The summed E-state index contributed by atoms with van der Waals surface area (Å²) in [5.74, 6) is 0. The number of fused-ring (bicyclic) bond motifs is 12. The number of furan rings is 2. The molecule has 0 saturated carbocycles. The summed E-state index contributed by atoms with van der Waals surface area (Å²) in [6, 6.07) is 95.2. The maximum Gasteiger partial charge on any atom is 0.145 e. The molecule has 0 saturated heterocycles. The SMILES string of the molecule is [2H]c1c([2H])c([2H])c2c(c1[2H])c1c([2H])c(-c3ccccc3)c([2H])c([2H])c1n2-c1cccc(N(c2cc(N(c3cccc(-n4c5c([2H])c([2H])c([2H])c([2H])c5c5c([2H])c(-c6ccccc6)c([2H])c([2H])c54)c3)c3c(-c4ccccc4)cc(-c4ccccc4)c4oc5ccccc5c34)cc(C(C)(C)C)c2)c2c(-c3ccccc3)cc(-c3ccccc3)c3oc4ccccc4c23)c1. The molecular weight excluding hydrogens is 1360 g/mol. The summed E-state index contributed by atoms with van der Waals surface area (Å²) >= 11 is 0. The molecule has 21 rings (SSSR count). The molecule has 112 heavy (non-hydrogen) atoms. The maximum atomic E-state index is 10.2. The van der Waals surface area contributed by atoms with E-state index in [1.54, 1.807) is 57.7 Å². The van der Waals surface area contributed by atoms with Gasteiger partial charge in [0.2, 0.25) is 0 Å². The quantitative estimate of drug-likeness (QED) is 0.109. The average Bonchev–Trinajstić information content (AvgIpc) is 1.54. The zero-order valence-electron chi connectivity index (χ0n) is 75.1.